The van der Waals surface area contributed by atoms with Crippen LogP contribution in [-0.2, 0) is 7.05 Å². The largest absolute Gasteiger partial charge is 0.213 e. The van der Waals surface area contributed by atoms with E-state index in [1.807, 2.05) is 0 Å². The number of para-hydroxylation sites is 1. The molecule has 0 radical (unpaired) electrons. The van der Waals surface area contributed by atoms with Crippen molar-refractivity contribution >= 4 is 21.7 Å². The smallest absolute Gasteiger partial charge is 0.198 e. The van der Waals surface area contributed by atoms with Gasteiger partial charge in [0.1, 0.15) is 7.05 Å². The van der Waals surface area contributed by atoms with Gasteiger partial charge in [-0.25, -0.2) is 0 Å². The minimum absolute atomic E-state index is 1.30. The fourth-order valence-electron chi connectivity index (χ4n) is 2.80. The van der Waals surface area contributed by atoms with Crippen molar-refractivity contribution in [1.82, 2.24) is 0 Å². The van der Waals surface area contributed by atoms with Crippen molar-refractivity contribution in [3.8, 4) is 0 Å². The average Bonchev–Trinajstić information content (AvgIpc) is 2.39. The van der Waals surface area contributed by atoms with E-state index in [4.69, 9.17) is 0 Å². The Balaban J connectivity index is 2.71. The van der Waals surface area contributed by atoms with Gasteiger partial charge in [-0.2, -0.15) is 4.57 Å². The molecule has 3 aromatic rings. The molecule has 0 spiro atoms. The molecule has 0 saturated carbocycles. The van der Waals surface area contributed by atoms with E-state index in [9.17, 15) is 0 Å². The Bertz CT molecular complexity index is 770. The molecule has 1 heteroatoms. The molecule has 0 fully saturated rings. The Morgan fingerprint density at radius 2 is 1.56 bits per heavy atom. The summed E-state index contributed by atoms with van der Waals surface area (Å²) >= 11 is 0. The molecule has 0 atom stereocenters. The summed E-state index contributed by atoms with van der Waals surface area (Å²) in [5.74, 6) is 0. The van der Waals surface area contributed by atoms with Crippen LogP contribution in [0.2, 0.25) is 0 Å². The molecule has 2 aromatic carbocycles. The molecule has 1 nitrogen and oxygen atoms in total. The summed E-state index contributed by atoms with van der Waals surface area (Å²) in [5, 5.41) is 4.11. The molecule has 0 N–H and O–H groups in total. The van der Waals surface area contributed by atoms with Crippen LogP contribution in [0.1, 0.15) is 16.8 Å². The van der Waals surface area contributed by atoms with Crippen molar-refractivity contribution in [2.45, 2.75) is 20.8 Å². The van der Waals surface area contributed by atoms with E-state index in [1.165, 1.54) is 38.5 Å². The van der Waals surface area contributed by atoms with Crippen LogP contribution in [0.15, 0.2) is 36.4 Å². The van der Waals surface area contributed by atoms with Gasteiger partial charge >= 0.3 is 0 Å². The molecule has 0 aliphatic rings. The van der Waals surface area contributed by atoms with E-state index in [2.05, 4.69) is 68.8 Å². The number of hydrogen-bond acceptors (Lipinski definition) is 0. The van der Waals surface area contributed by atoms with E-state index < -0.39 is 0 Å². The fourth-order valence-corrected chi connectivity index (χ4v) is 2.80. The summed E-state index contributed by atoms with van der Waals surface area (Å²) in [4.78, 5) is 0. The van der Waals surface area contributed by atoms with Gasteiger partial charge in [0.25, 0.3) is 0 Å². The predicted octanol–water partition coefficient (Wildman–Crippen LogP) is 3.74. The molecule has 0 unspecified atom stereocenters. The molecule has 0 saturated heterocycles. The summed E-state index contributed by atoms with van der Waals surface area (Å²) in [6.45, 7) is 6.61. The van der Waals surface area contributed by atoms with Crippen LogP contribution in [0.5, 0.6) is 0 Å². The fraction of sp³-hybridized carbons (Fsp3) is 0.235. The van der Waals surface area contributed by atoms with Gasteiger partial charge in [-0.1, -0.05) is 18.2 Å². The van der Waals surface area contributed by atoms with E-state index >= 15 is 0 Å². The predicted molar refractivity (Wildman–Crippen MR) is 76.8 cm³/mol. The second-order valence-corrected chi connectivity index (χ2v) is 5.09. The molecule has 1 aromatic heterocycles. The Morgan fingerprint density at radius 3 is 2.33 bits per heavy atom. The van der Waals surface area contributed by atoms with Gasteiger partial charge in [-0.3, -0.25) is 0 Å². The van der Waals surface area contributed by atoms with Crippen molar-refractivity contribution in [2.24, 2.45) is 7.05 Å². The topological polar surface area (TPSA) is 3.88 Å². The molecule has 1 heterocycles. The third-order valence-electron chi connectivity index (χ3n) is 4.16. The van der Waals surface area contributed by atoms with Gasteiger partial charge in [0, 0.05) is 23.8 Å². The van der Waals surface area contributed by atoms with Crippen LogP contribution in [-0.4, -0.2) is 0 Å². The first-order chi connectivity index (χ1) is 8.61. The van der Waals surface area contributed by atoms with Crippen molar-refractivity contribution in [3.63, 3.8) is 0 Å². The Labute approximate surface area is 108 Å². The lowest BCUT2D eigenvalue weighted by Gasteiger charge is -2.10. The quantitative estimate of drug-likeness (QED) is 0.413. The third-order valence-corrected chi connectivity index (χ3v) is 4.16. The highest BCUT2D eigenvalue weighted by Gasteiger charge is 2.16. The monoisotopic (exact) mass is 236 g/mol. The summed E-state index contributed by atoms with van der Waals surface area (Å²) in [6, 6.07) is 13.1. The van der Waals surface area contributed by atoms with E-state index in [0.717, 1.165) is 0 Å². The van der Waals surface area contributed by atoms with E-state index in [1.54, 1.807) is 0 Å². The normalized spacial score (nSPS) is 11.3. The molecule has 90 valence electrons. The number of rotatable bonds is 0. The van der Waals surface area contributed by atoms with Gasteiger partial charge in [0.2, 0.25) is 5.52 Å². The van der Waals surface area contributed by atoms with Gasteiger partial charge in [0.05, 0.1) is 5.39 Å². The van der Waals surface area contributed by atoms with Crippen LogP contribution < -0.4 is 4.57 Å². The van der Waals surface area contributed by atoms with Crippen molar-refractivity contribution in [1.29, 1.82) is 0 Å². The number of pyridine rings is 1. The number of nitrogens with zero attached hydrogens (tertiary/aromatic N) is 1. The van der Waals surface area contributed by atoms with Crippen LogP contribution in [0.25, 0.3) is 21.7 Å². The van der Waals surface area contributed by atoms with Gasteiger partial charge < -0.3 is 0 Å². The number of hydrogen-bond donors (Lipinski definition) is 0. The SMILES string of the molecule is Cc1ccc2c(C)[n+](C)c3ccccc3c2c1C. The zero-order chi connectivity index (χ0) is 12.9. The minimum atomic E-state index is 1.30. The molecular formula is C17H18N+. The molecule has 0 bridgehead atoms. The van der Waals surface area contributed by atoms with Crippen molar-refractivity contribution < 1.29 is 4.57 Å². The first-order valence-corrected chi connectivity index (χ1v) is 6.38. The second-order valence-electron chi connectivity index (χ2n) is 5.09. The van der Waals surface area contributed by atoms with Crippen LogP contribution >= 0.6 is 0 Å². The van der Waals surface area contributed by atoms with Crippen LogP contribution in [0.3, 0.4) is 0 Å². The molecule has 18 heavy (non-hydrogen) atoms. The third kappa shape index (κ3) is 1.37. The lowest BCUT2D eigenvalue weighted by Crippen LogP contribution is -2.33. The number of aryl methyl sites for hydroxylation is 4. The molecule has 0 aliphatic carbocycles. The lowest BCUT2D eigenvalue weighted by molar-refractivity contribution is -0.649. The summed E-state index contributed by atoms with van der Waals surface area (Å²) < 4.78 is 2.28. The van der Waals surface area contributed by atoms with Crippen LogP contribution in [0, 0.1) is 20.8 Å². The van der Waals surface area contributed by atoms with E-state index in [0.29, 0.717) is 0 Å². The average molecular weight is 236 g/mol. The number of aromatic nitrogens is 1. The molecule has 0 amide bonds. The number of fused-ring (bicyclic) bond motifs is 3. The maximum absolute atomic E-state index is 2.28. The second kappa shape index (κ2) is 3.81. The molecule has 3 rings (SSSR count). The summed E-state index contributed by atoms with van der Waals surface area (Å²) in [6.07, 6.45) is 0. The van der Waals surface area contributed by atoms with E-state index in [-0.39, 0.29) is 0 Å². The molecular weight excluding hydrogens is 218 g/mol. The Kier molecular flexibility index (Phi) is 2.37. The zero-order valence-corrected chi connectivity index (χ0v) is 11.4. The van der Waals surface area contributed by atoms with Crippen molar-refractivity contribution in [3.05, 3.63) is 53.2 Å². The summed E-state index contributed by atoms with van der Waals surface area (Å²) in [7, 11) is 2.15. The molecule has 0 aliphatic heterocycles. The highest BCUT2D eigenvalue weighted by atomic mass is 14.9. The standard InChI is InChI=1S/C17H18N/c1-11-9-10-14-13(3)18(4)16-8-6-5-7-15(16)17(14)12(11)2/h5-10H,1-4H3/q+1. The van der Waals surface area contributed by atoms with Gasteiger partial charge in [-0.15, -0.1) is 0 Å². The van der Waals surface area contributed by atoms with Crippen molar-refractivity contribution in [2.75, 3.05) is 0 Å². The highest BCUT2D eigenvalue weighted by Crippen LogP contribution is 2.29. The highest BCUT2D eigenvalue weighted by molar-refractivity contribution is 6.07. The first-order valence-electron chi connectivity index (χ1n) is 6.38. The van der Waals surface area contributed by atoms with Crippen LogP contribution in [0.4, 0.5) is 0 Å². The Morgan fingerprint density at radius 1 is 0.833 bits per heavy atom. The maximum Gasteiger partial charge on any atom is 0.213 e. The van der Waals surface area contributed by atoms with Gasteiger partial charge in [-0.05, 0) is 37.1 Å². The number of benzene rings is 2. The Hall–Kier alpha value is -1.89. The summed E-state index contributed by atoms with van der Waals surface area (Å²) in [5.41, 5.74) is 5.39. The first kappa shape index (κ1) is 11.2. The minimum Gasteiger partial charge on any atom is -0.198 e. The van der Waals surface area contributed by atoms with Gasteiger partial charge in [0.15, 0.2) is 5.69 Å². The maximum atomic E-state index is 2.28. The zero-order valence-electron chi connectivity index (χ0n) is 11.4. The lowest BCUT2D eigenvalue weighted by atomic mass is 9.96.